The van der Waals surface area contributed by atoms with Gasteiger partial charge in [-0.3, -0.25) is 14.7 Å². The van der Waals surface area contributed by atoms with Crippen molar-refractivity contribution in [2.45, 2.75) is 18.9 Å². The van der Waals surface area contributed by atoms with E-state index >= 15 is 0 Å². The van der Waals surface area contributed by atoms with Gasteiger partial charge in [-0.25, -0.2) is 0 Å². The Morgan fingerprint density at radius 1 is 1.38 bits per heavy atom. The molecule has 6 heteroatoms. The van der Waals surface area contributed by atoms with Gasteiger partial charge in [-0.2, -0.15) is 0 Å². The summed E-state index contributed by atoms with van der Waals surface area (Å²) < 4.78 is 5.67. The fourth-order valence-electron chi connectivity index (χ4n) is 2.93. The summed E-state index contributed by atoms with van der Waals surface area (Å²) in [4.78, 5) is 20.6. The SMILES string of the molecule is O=C(c1ccncc1Cl)N1CCN(CC2CCCO2)CC1. The highest BCUT2D eigenvalue weighted by molar-refractivity contribution is 6.33. The van der Waals surface area contributed by atoms with E-state index in [9.17, 15) is 4.79 Å². The molecular weight excluding hydrogens is 290 g/mol. The summed E-state index contributed by atoms with van der Waals surface area (Å²) in [6.45, 7) is 5.15. The maximum absolute atomic E-state index is 12.4. The van der Waals surface area contributed by atoms with E-state index in [1.54, 1.807) is 12.3 Å². The van der Waals surface area contributed by atoms with Gasteiger partial charge in [0, 0.05) is 51.7 Å². The molecule has 21 heavy (non-hydrogen) atoms. The third kappa shape index (κ3) is 3.54. The van der Waals surface area contributed by atoms with Crippen molar-refractivity contribution < 1.29 is 9.53 Å². The normalized spacial score (nSPS) is 23.5. The first-order valence-corrected chi connectivity index (χ1v) is 7.84. The number of aromatic nitrogens is 1. The van der Waals surface area contributed by atoms with Crippen LogP contribution >= 0.6 is 11.6 Å². The minimum absolute atomic E-state index is 0.000772. The lowest BCUT2D eigenvalue weighted by Gasteiger charge is -2.35. The number of pyridine rings is 1. The topological polar surface area (TPSA) is 45.7 Å². The minimum atomic E-state index is -0.000772. The molecule has 2 fully saturated rings. The molecule has 2 aliphatic heterocycles. The first-order chi connectivity index (χ1) is 10.2. The molecule has 0 spiro atoms. The van der Waals surface area contributed by atoms with Gasteiger partial charge in [-0.05, 0) is 18.9 Å². The Morgan fingerprint density at radius 2 is 2.19 bits per heavy atom. The fourth-order valence-corrected chi connectivity index (χ4v) is 3.13. The highest BCUT2D eigenvalue weighted by atomic mass is 35.5. The third-order valence-electron chi connectivity index (χ3n) is 4.15. The van der Waals surface area contributed by atoms with Crippen LogP contribution in [0.5, 0.6) is 0 Å². The van der Waals surface area contributed by atoms with Gasteiger partial charge in [0.15, 0.2) is 0 Å². The molecule has 0 bridgehead atoms. The van der Waals surface area contributed by atoms with E-state index in [2.05, 4.69) is 9.88 Å². The summed E-state index contributed by atoms with van der Waals surface area (Å²) in [7, 11) is 0. The standard InChI is InChI=1S/C15H20ClN3O2/c16-14-10-17-4-3-13(14)15(20)19-7-5-18(6-8-19)11-12-2-1-9-21-12/h3-4,10,12H,1-2,5-9,11H2. The summed E-state index contributed by atoms with van der Waals surface area (Å²) >= 11 is 6.04. The van der Waals surface area contributed by atoms with Crippen molar-refractivity contribution in [2.24, 2.45) is 0 Å². The van der Waals surface area contributed by atoms with Crippen molar-refractivity contribution >= 4 is 17.5 Å². The van der Waals surface area contributed by atoms with Crippen molar-refractivity contribution in [1.82, 2.24) is 14.8 Å². The van der Waals surface area contributed by atoms with Gasteiger partial charge in [0.1, 0.15) is 0 Å². The number of carbonyl (C=O) groups is 1. The average Bonchev–Trinajstić information content (AvgIpc) is 3.01. The number of piperazine rings is 1. The molecule has 2 saturated heterocycles. The lowest BCUT2D eigenvalue weighted by molar-refractivity contribution is 0.0433. The van der Waals surface area contributed by atoms with E-state index < -0.39 is 0 Å². The molecule has 1 aromatic rings. The van der Waals surface area contributed by atoms with Gasteiger partial charge >= 0.3 is 0 Å². The Morgan fingerprint density at radius 3 is 2.86 bits per heavy atom. The molecule has 0 radical (unpaired) electrons. The number of amides is 1. The van der Waals surface area contributed by atoms with Gasteiger partial charge in [0.25, 0.3) is 5.91 Å². The fraction of sp³-hybridized carbons (Fsp3) is 0.600. The van der Waals surface area contributed by atoms with Crippen molar-refractivity contribution in [2.75, 3.05) is 39.3 Å². The van der Waals surface area contributed by atoms with E-state index in [4.69, 9.17) is 16.3 Å². The van der Waals surface area contributed by atoms with E-state index in [-0.39, 0.29) is 5.91 Å². The second-order valence-electron chi connectivity index (χ2n) is 5.58. The number of nitrogens with zero attached hydrogens (tertiary/aromatic N) is 3. The number of halogens is 1. The first kappa shape index (κ1) is 14.8. The van der Waals surface area contributed by atoms with E-state index in [0.29, 0.717) is 16.7 Å². The smallest absolute Gasteiger partial charge is 0.255 e. The minimum Gasteiger partial charge on any atom is -0.377 e. The number of hydrogen-bond acceptors (Lipinski definition) is 4. The monoisotopic (exact) mass is 309 g/mol. The molecule has 1 aromatic heterocycles. The molecule has 3 rings (SSSR count). The Balaban J connectivity index is 1.53. The molecule has 5 nitrogen and oxygen atoms in total. The number of hydrogen-bond donors (Lipinski definition) is 0. The van der Waals surface area contributed by atoms with Crippen LogP contribution in [0.1, 0.15) is 23.2 Å². The van der Waals surface area contributed by atoms with Crippen molar-refractivity contribution in [3.63, 3.8) is 0 Å². The Hall–Kier alpha value is -1.17. The van der Waals surface area contributed by atoms with Crippen molar-refractivity contribution in [1.29, 1.82) is 0 Å². The van der Waals surface area contributed by atoms with Crippen LogP contribution in [0.3, 0.4) is 0 Å². The van der Waals surface area contributed by atoms with E-state index in [1.165, 1.54) is 12.6 Å². The van der Waals surface area contributed by atoms with Crippen LogP contribution in [0.2, 0.25) is 5.02 Å². The van der Waals surface area contributed by atoms with Crippen molar-refractivity contribution in [3.05, 3.63) is 29.0 Å². The Kier molecular flexibility index (Phi) is 4.73. The van der Waals surface area contributed by atoms with Crippen LogP contribution in [-0.4, -0.2) is 66.1 Å². The zero-order valence-corrected chi connectivity index (χ0v) is 12.8. The Labute approximate surface area is 129 Å². The number of carbonyl (C=O) groups excluding carboxylic acids is 1. The number of ether oxygens (including phenoxy) is 1. The number of rotatable bonds is 3. The lowest BCUT2D eigenvalue weighted by atomic mass is 10.2. The second kappa shape index (κ2) is 6.73. The summed E-state index contributed by atoms with van der Waals surface area (Å²) in [5.41, 5.74) is 0.541. The van der Waals surface area contributed by atoms with Crippen LogP contribution in [-0.2, 0) is 4.74 Å². The molecule has 114 valence electrons. The van der Waals surface area contributed by atoms with Crippen LogP contribution in [0, 0.1) is 0 Å². The van der Waals surface area contributed by atoms with Crippen LogP contribution in [0.4, 0.5) is 0 Å². The van der Waals surface area contributed by atoms with Gasteiger partial charge in [-0.15, -0.1) is 0 Å². The quantitative estimate of drug-likeness (QED) is 0.852. The van der Waals surface area contributed by atoms with Gasteiger partial charge in [0.2, 0.25) is 0 Å². The summed E-state index contributed by atoms with van der Waals surface area (Å²) in [6, 6.07) is 1.68. The first-order valence-electron chi connectivity index (χ1n) is 7.47. The summed E-state index contributed by atoms with van der Waals surface area (Å²) in [5.74, 6) is -0.000772. The van der Waals surface area contributed by atoms with Crippen molar-refractivity contribution in [3.8, 4) is 0 Å². The van der Waals surface area contributed by atoms with Gasteiger partial charge < -0.3 is 9.64 Å². The highest BCUT2D eigenvalue weighted by Crippen LogP contribution is 2.18. The molecule has 1 amide bonds. The van der Waals surface area contributed by atoms with Crippen LogP contribution < -0.4 is 0 Å². The largest absolute Gasteiger partial charge is 0.377 e. The predicted molar refractivity (Wildman–Crippen MR) is 80.6 cm³/mol. The molecule has 3 heterocycles. The maximum Gasteiger partial charge on any atom is 0.255 e. The molecule has 2 aliphatic rings. The zero-order chi connectivity index (χ0) is 14.7. The molecule has 1 unspecified atom stereocenters. The average molecular weight is 310 g/mol. The molecule has 0 saturated carbocycles. The highest BCUT2D eigenvalue weighted by Gasteiger charge is 2.26. The predicted octanol–water partition coefficient (Wildman–Crippen LogP) is 1.67. The molecule has 0 aromatic carbocycles. The molecule has 1 atom stereocenters. The third-order valence-corrected chi connectivity index (χ3v) is 4.45. The molecule has 0 aliphatic carbocycles. The maximum atomic E-state index is 12.4. The van der Waals surface area contributed by atoms with E-state index in [0.717, 1.165) is 45.8 Å². The van der Waals surface area contributed by atoms with E-state index in [1.807, 2.05) is 4.90 Å². The summed E-state index contributed by atoms with van der Waals surface area (Å²) in [5, 5.41) is 0.421. The van der Waals surface area contributed by atoms with Crippen LogP contribution in [0.15, 0.2) is 18.5 Å². The Bertz CT molecular complexity index is 497. The second-order valence-corrected chi connectivity index (χ2v) is 5.99. The molecule has 0 N–H and O–H groups in total. The molecular formula is C15H20ClN3O2. The lowest BCUT2D eigenvalue weighted by Crippen LogP contribution is -2.50. The van der Waals surface area contributed by atoms with Gasteiger partial charge in [-0.1, -0.05) is 11.6 Å². The van der Waals surface area contributed by atoms with Crippen LogP contribution in [0.25, 0.3) is 0 Å². The zero-order valence-electron chi connectivity index (χ0n) is 12.0. The summed E-state index contributed by atoms with van der Waals surface area (Å²) in [6.07, 6.45) is 5.83. The van der Waals surface area contributed by atoms with Gasteiger partial charge in [0.05, 0.1) is 16.7 Å².